The first kappa shape index (κ1) is 8.94. The second kappa shape index (κ2) is 4.02. The minimum Gasteiger partial charge on any atom is -0.388 e. The molecule has 66 valence electrons. The SMILES string of the molecule is CCN[C@@H]1CCC[C@@H](F)[C@@H]1O. The molecule has 0 aromatic heterocycles. The predicted molar refractivity (Wildman–Crippen MR) is 42.2 cm³/mol. The average molecular weight is 161 g/mol. The molecule has 0 unspecified atom stereocenters. The summed E-state index contributed by atoms with van der Waals surface area (Å²) >= 11 is 0. The fourth-order valence-corrected chi connectivity index (χ4v) is 1.61. The van der Waals surface area contributed by atoms with E-state index in [-0.39, 0.29) is 6.04 Å². The first-order chi connectivity index (χ1) is 5.25. The lowest BCUT2D eigenvalue weighted by molar-refractivity contribution is 0.0172. The van der Waals surface area contributed by atoms with Gasteiger partial charge in [0.05, 0.1) is 0 Å². The molecule has 1 saturated carbocycles. The zero-order valence-electron chi connectivity index (χ0n) is 6.89. The molecule has 2 nitrogen and oxygen atoms in total. The van der Waals surface area contributed by atoms with Crippen molar-refractivity contribution < 1.29 is 9.50 Å². The molecule has 1 fully saturated rings. The molecule has 0 amide bonds. The Kier molecular flexibility index (Phi) is 3.27. The summed E-state index contributed by atoms with van der Waals surface area (Å²) in [5, 5.41) is 12.4. The Hall–Kier alpha value is -0.150. The van der Waals surface area contributed by atoms with Gasteiger partial charge in [-0.15, -0.1) is 0 Å². The summed E-state index contributed by atoms with van der Waals surface area (Å²) in [7, 11) is 0. The Bertz CT molecular complexity index is 119. The van der Waals surface area contributed by atoms with Crippen molar-refractivity contribution >= 4 is 0 Å². The van der Waals surface area contributed by atoms with Gasteiger partial charge in [0.1, 0.15) is 12.3 Å². The minimum atomic E-state index is -1.02. The van der Waals surface area contributed by atoms with Crippen LogP contribution in [0.4, 0.5) is 4.39 Å². The molecule has 0 aromatic rings. The smallest absolute Gasteiger partial charge is 0.127 e. The van der Waals surface area contributed by atoms with Crippen molar-refractivity contribution in [2.75, 3.05) is 6.54 Å². The Balaban J connectivity index is 2.38. The van der Waals surface area contributed by atoms with Crippen molar-refractivity contribution in [2.45, 2.75) is 44.5 Å². The number of aliphatic hydroxyl groups is 1. The first-order valence-corrected chi connectivity index (χ1v) is 4.31. The number of halogens is 1. The van der Waals surface area contributed by atoms with E-state index in [0.717, 1.165) is 19.4 Å². The van der Waals surface area contributed by atoms with E-state index in [9.17, 15) is 9.50 Å². The summed E-state index contributed by atoms with van der Waals surface area (Å²) in [5.41, 5.74) is 0. The van der Waals surface area contributed by atoms with Crippen LogP contribution in [0.3, 0.4) is 0 Å². The van der Waals surface area contributed by atoms with Crippen molar-refractivity contribution in [3.8, 4) is 0 Å². The molecule has 0 radical (unpaired) electrons. The van der Waals surface area contributed by atoms with Crippen LogP contribution in [-0.4, -0.2) is 30.0 Å². The maximum Gasteiger partial charge on any atom is 0.127 e. The lowest BCUT2D eigenvalue weighted by atomic mass is 9.91. The fourth-order valence-electron chi connectivity index (χ4n) is 1.61. The highest BCUT2D eigenvalue weighted by molar-refractivity contribution is 4.86. The standard InChI is InChI=1S/C8H16FNO/c1-2-10-7-5-3-4-6(9)8(7)11/h6-8,10-11H,2-5H2,1H3/t6-,7-,8+/m1/s1. The quantitative estimate of drug-likeness (QED) is 0.629. The van der Waals surface area contributed by atoms with E-state index in [4.69, 9.17) is 0 Å². The maximum absolute atomic E-state index is 12.9. The van der Waals surface area contributed by atoms with E-state index in [1.54, 1.807) is 0 Å². The van der Waals surface area contributed by atoms with Gasteiger partial charge in [-0.05, 0) is 25.8 Å². The molecule has 11 heavy (non-hydrogen) atoms. The Morgan fingerprint density at radius 2 is 2.27 bits per heavy atom. The normalized spacial score (nSPS) is 39.0. The molecule has 0 heterocycles. The zero-order chi connectivity index (χ0) is 8.27. The molecular formula is C8H16FNO. The second-order valence-electron chi connectivity index (χ2n) is 3.10. The third-order valence-corrected chi connectivity index (χ3v) is 2.24. The van der Waals surface area contributed by atoms with E-state index in [1.807, 2.05) is 6.92 Å². The van der Waals surface area contributed by atoms with Gasteiger partial charge in [0.25, 0.3) is 0 Å². The van der Waals surface area contributed by atoms with Crippen LogP contribution >= 0.6 is 0 Å². The molecule has 2 N–H and O–H groups in total. The molecule has 3 heteroatoms. The van der Waals surface area contributed by atoms with E-state index >= 15 is 0 Å². The van der Waals surface area contributed by atoms with Gasteiger partial charge in [-0.25, -0.2) is 4.39 Å². The first-order valence-electron chi connectivity index (χ1n) is 4.31. The number of rotatable bonds is 2. The van der Waals surface area contributed by atoms with Crippen LogP contribution in [0.25, 0.3) is 0 Å². The number of hydrogen-bond donors (Lipinski definition) is 2. The van der Waals surface area contributed by atoms with Gasteiger partial charge in [-0.2, -0.15) is 0 Å². The highest BCUT2D eigenvalue weighted by Gasteiger charge is 2.30. The van der Waals surface area contributed by atoms with Crippen molar-refractivity contribution in [1.82, 2.24) is 5.32 Å². The average Bonchev–Trinajstić information content (AvgIpc) is 1.99. The molecule has 0 spiro atoms. The van der Waals surface area contributed by atoms with Crippen molar-refractivity contribution in [3.63, 3.8) is 0 Å². The Morgan fingerprint density at radius 1 is 1.55 bits per heavy atom. The summed E-state index contributed by atoms with van der Waals surface area (Å²) in [4.78, 5) is 0. The van der Waals surface area contributed by atoms with Crippen molar-refractivity contribution in [1.29, 1.82) is 0 Å². The van der Waals surface area contributed by atoms with Gasteiger partial charge < -0.3 is 10.4 Å². The van der Waals surface area contributed by atoms with Crippen LogP contribution in [0, 0.1) is 0 Å². The molecule has 0 bridgehead atoms. The summed E-state index contributed by atoms with van der Waals surface area (Å²) < 4.78 is 12.9. The van der Waals surface area contributed by atoms with Crippen LogP contribution in [-0.2, 0) is 0 Å². The van der Waals surface area contributed by atoms with Crippen LogP contribution in [0.5, 0.6) is 0 Å². The molecule has 3 atom stereocenters. The topological polar surface area (TPSA) is 32.3 Å². The van der Waals surface area contributed by atoms with Crippen LogP contribution < -0.4 is 5.32 Å². The maximum atomic E-state index is 12.9. The molecule has 1 aliphatic carbocycles. The van der Waals surface area contributed by atoms with E-state index < -0.39 is 12.3 Å². The number of hydrogen-bond acceptors (Lipinski definition) is 2. The number of alkyl halides is 1. The Morgan fingerprint density at radius 3 is 2.91 bits per heavy atom. The highest BCUT2D eigenvalue weighted by Crippen LogP contribution is 2.21. The number of nitrogens with one attached hydrogen (secondary N) is 1. The molecule has 1 aliphatic rings. The lowest BCUT2D eigenvalue weighted by Crippen LogP contribution is -2.47. The summed E-state index contributed by atoms with van der Waals surface area (Å²) in [6.45, 7) is 2.77. The van der Waals surface area contributed by atoms with Gasteiger partial charge in [0.2, 0.25) is 0 Å². The van der Waals surface area contributed by atoms with Crippen LogP contribution in [0.1, 0.15) is 26.2 Å². The van der Waals surface area contributed by atoms with Crippen LogP contribution in [0.2, 0.25) is 0 Å². The summed E-state index contributed by atoms with van der Waals surface area (Å²) in [6, 6.07) is -0.0243. The van der Waals surface area contributed by atoms with Crippen LogP contribution in [0.15, 0.2) is 0 Å². The molecule has 0 saturated heterocycles. The highest BCUT2D eigenvalue weighted by atomic mass is 19.1. The minimum absolute atomic E-state index is 0.0243. The van der Waals surface area contributed by atoms with Crippen molar-refractivity contribution in [2.24, 2.45) is 0 Å². The van der Waals surface area contributed by atoms with Gasteiger partial charge in [0.15, 0.2) is 0 Å². The number of likely N-dealkylation sites (N-methyl/N-ethyl adjacent to an activating group) is 1. The summed E-state index contributed by atoms with van der Waals surface area (Å²) in [5.74, 6) is 0. The van der Waals surface area contributed by atoms with Crippen molar-refractivity contribution in [3.05, 3.63) is 0 Å². The monoisotopic (exact) mass is 161 g/mol. The Labute approximate surface area is 66.8 Å². The molecular weight excluding hydrogens is 145 g/mol. The third kappa shape index (κ3) is 2.14. The summed E-state index contributed by atoms with van der Waals surface area (Å²) in [6.07, 6.45) is 0.491. The van der Waals surface area contributed by atoms with E-state index in [1.165, 1.54) is 0 Å². The van der Waals surface area contributed by atoms with Gasteiger partial charge in [-0.1, -0.05) is 6.92 Å². The second-order valence-corrected chi connectivity index (χ2v) is 3.10. The van der Waals surface area contributed by atoms with Gasteiger partial charge >= 0.3 is 0 Å². The molecule has 1 rings (SSSR count). The largest absolute Gasteiger partial charge is 0.388 e. The molecule has 0 aromatic carbocycles. The molecule has 0 aliphatic heterocycles. The fraction of sp³-hybridized carbons (Fsp3) is 1.00. The van der Waals surface area contributed by atoms with E-state index in [2.05, 4.69) is 5.32 Å². The van der Waals surface area contributed by atoms with Gasteiger partial charge in [-0.3, -0.25) is 0 Å². The predicted octanol–water partition coefficient (Wildman–Crippen LogP) is 0.847. The zero-order valence-corrected chi connectivity index (χ0v) is 6.89. The van der Waals surface area contributed by atoms with Gasteiger partial charge in [0, 0.05) is 6.04 Å². The number of aliphatic hydroxyl groups excluding tert-OH is 1. The van der Waals surface area contributed by atoms with E-state index in [0.29, 0.717) is 6.42 Å². The third-order valence-electron chi connectivity index (χ3n) is 2.24. The lowest BCUT2D eigenvalue weighted by Gasteiger charge is -2.30.